The van der Waals surface area contributed by atoms with E-state index < -0.39 is 0 Å². The first-order valence-electron chi connectivity index (χ1n) is 6.39. The fourth-order valence-electron chi connectivity index (χ4n) is 2.13. The molecule has 0 saturated heterocycles. The van der Waals surface area contributed by atoms with Crippen molar-refractivity contribution in [1.29, 1.82) is 0 Å². The van der Waals surface area contributed by atoms with Gasteiger partial charge in [0, 0.05) is 0 Å². The van der Waals surface area contributed by atoms with Gasteiger partial charge in [0.2, 0.25) is 0 Å². The molecular weight excluding hydrogens is 365 g/mol. The average molecular weight is 379 g/mol. The third-order valence-electron chi connectivity index (χ3n) is 3.07. The lowest BCUT2D eigenvalue weighted by molar-refractivity contribution is 0.414. The quantitative estimate of drug-likeness (QED) is 0.670. The monoisotopic (exact) mass is 379 g/mol. The lowest BCUT2D eigenvalue weighted by Crippen LogP contribution is -2.21. The van der Waals surface area contributed by atoms with Crippen molar-refractivity contribution in [2.24, 2.45) is 0 Å². The Bertz CT molecular complexity index is 646. The van der Waals surface area contributed by atoms with Crippen LogP contribution in [-0.2, 0) is 6.54 Å². The summed E-state index contributed by atoms with van der Waals surface area (Å²) in [6, 6.07) is 18.1. The highest BCUT2D eigenvalue weighted by molar-refractivity contribution is 14.1. The van der Waals surface area contributed by atoms with Crippen LogP contribution in [0.3, 0.4) is 0 Å². The number of hydrogen-bond donors (Lipinski definition) is 1. The van der Waals surface area contributed by atoms with Crippen molar-refractivity contribution >= 4 is 22.6 Å². The van der Waals surface area contributed by atoms with Gasteiger partial charge in [-0.1, -0.05) is 30.3 Å². The number of halogens is 1. The van der Waals surface area contributed by atoms with Crippen molar-refractivity contribution in [2.45, 2.75) is 12.6 Å². The van der Waals surface area contributed by atoms with Crippen LogP contribution in [0.4, 0.5) is 0 Å². The van der Waals surface area contributed by atoms with Gasteiger partial charge in [0.15, 0.2) is 3.77 Å². The minimum atomic E-state index is 0.0222. The molecule has 4 heteroatoms. The molecule has 3 aromatic rings. The van der Waals surface area contributed by atoms with Gasteiger partial charge < -0.3 is 8.83 Å². The number of nitrogens with one attached hydrogen (secondary N) is 1. The van der Waals surface area contributed by atoms with Crippen molar-refractivity contribution in [3.63, 3.8) is 0 Å². The Labute approximate surface area is 131 Å². The number of benzene rings is 1. The summed E-state index contributed by atoms with van der Waals surface area (Å²) in [5, 5.41) is 3.48. The molecular formula is C16H14INO2. The lowest BCUT2D eigenvalue weighted by Gasteiger charge is -2.16. The second kappa shape index (κ2) is 6.28. The van der Waals surface area contributed by atoms with Gasteiger partial charge in [-0.05, 0) is 52.4 Å². The SMILES string of the molecule is Ic1ccc(CNC(c2ccccc2)c2ccco2)o1. The van der Waals surface area contributed by atoms with Crippen molar-refractivity contribution in [1.82, 2.24) is 5.32 Å². The van der Waals surface area contributed by atoms with Crippen LogP contribution < -0.4 is 5.32 Å². The largest absolute Gasteiger partial charge is 0.467 e. The number of furan rings is 2. The third-order valence-corrected chi connectivity index (χ3v) is 3.65. The molecule has 0 saturated carbocycles. The van der Waals surface area contributed by atoms with Crippen molar-refractivity contribution in [2.75, 3.05) is 0 Å². The third kappa shape index (κ3) is 3.13. The summed E-state index contributed by atoms with van der Waals surface area (Å²) < 4.78 is 12.0. The summed E-state index contributed by atoms with van der Waals surface area (Å²) in [5.41, 5.74) is 1.17. The van der Waals surface area contributed by atoms with Gasteiger partial charge >= 0.3 is 0 Å². The van der Waals surface area contributed by atoms with Gasteiger partial charge in [0.25, 0.3) is 0 Å². The standard InChI is InChI=1S/C16H14INO2/c17-15-9-8-13(20-15)11-18-16(14-7-4-10-19-14)12-5-2-1-3-6-12/h1-10,16,18H,11H2. The van der Waals surface area contributed by atoms with Crippen LogP contribution in [0.25, 0.3) is 0 Å². The second-order valence-electron chi connectivity index (χ2n) is 4.45. The van der Waals surface area contributed by atoms with Gasteiger partial charge in [-0.25, -0.2) is 0 Å². The Morgan fingerprint density at radius 1 is 1.00 bits per heavy atom. The fraction of sp³-hybridized carbons (Fsp3) is 0.125. The van der Waals surface area contributed by atoms with E-state index in [9.17, 15) is 0 Å². The predicted octanol–water partition coefficient (Wildman–Crippen LogP) is 4.36. The molecule has 1 N–H and O–H groups in total. The Morgan fingerprint density at radius 3 is 2.50 bits per heavy atom. The molecule has 0 amide bonds. The molecule has 20 heavy (non-hydrogen) atoms. The summed E-state index contributed by atoms with van der Waals surface area (Å²) in [5.74, 6) is 1.82. The Kier molecular flexibility index (Phi) is 4.22. The molecule has 0 fully saturated rings. The van der Waals surface area contributed by atoms with Crippen LogP contribution in [0.15, 0.2) is 69.7 Å². The molecule has 102 valence electrons. The molecule has 0 radical (unpaired) electrons. The molecule has 3 nitrogen and oxygen atoms in total. The lowest BCUT2D eigenvalue weighted by atomic mass is 10.0. The van der Waals surface area contributed by atoms with E-state index in [1.807, 2.05) is 42.5 Å². The normalized spacial score (nSPS) is 12.4. The minimum absolute atomic E-state index is 0.0222. The van der Waals surface area contributed by atoms with Gasteiger partial charge in [0.05, 0.1) is 18.8 Å². The maximum atomic E-state index is 5.58. The maximum absolute atomic E-state index is 5.58. The first-order valence-corrected chi connectivity index (χ1v) is 7.47. The minimum Gasteiger partial charge on any atom is -0.467 e. The van der Waals surface area contributed by atoms with Gasteiger partial charge in [-0.15, -0.1) is 0 Å². The van der Waals surface area contributed by atoms with Crippen LogP contribution >= 0.6 is 22.6 Å². The summed E-state index contributed by atoms with van der Waals surface area (Å²) in [6.45, 7) is 0.656. The number of hydrogen-bond acceptors (Lipinski definition) is 3. The first-order chi connectivity index (χ1) is 9.83. The van der Waals surface area contributed by atoms with E-state index in [2.05, 4.69) is 40.0 Å². The van der Waals surface area contributed by atoms with Gasteiger partial charge in [0.1, 0.15) is 11.5 Å². The maximum Gasteiger partial charge on any atom is 0.164 e. The van der Waals surface area contributed by atoms with Crippen LogP contribution in [0, 0.1) is 3.77 Å². The summed E-state index contributed by atoms with van der Waals surface area (Å²) in [7, 11) is 0. The second-order valence-corrected chi connectivity index (χ2v) is 5.51. The summed E-state index contributed by atoms with van der Waals surface area (Å²) >= 11 is 2.17. The molecule has 0 bridgehead atoms. The van der Waals surface area contributed by atoms with E-state index in [-0.39, 0.29) is 6.04 Å². The van der Waals surface area contributed by atoms with Crippen LogP contribution in [-0.4, -0.2) is 0 Å². The molecule has 0 spiro atoms. The molecule has 0 aliphatic carbocycles. The smallest absolute Gasteiger partial charge is 0.164 e. The summed E-state index contributed by atoms with van der Waals surface area (Å²) in [6.07, 6.45) is 1.70. The van der Waals surface area contributed by atoms with Gasteiger partial charge in [-0.2, -0.15) is 0 Å². The Balaban J connectivity index is 1.80. The Hall–Kier alpha value is -1.53. The first kappa shape index (κ1) is 13.5. The van der Waals surface area contributed by atoms with Crippen LogP contribution in [0.1, 0.15) is 23.1 Å². The summed E-state index contributed by atoms with van der Waals surface area (Å²) in [4.78, 5) is 0. The highest BCUT2D eigenvalue weighted by atomic mass is 127. The molecule has 3 rings (SSSR count). The van der Waals surface area contributed by atoms with E-state index in [1.54, 1.807) is 6.26 Å². The molecule has 0 aliphatic rings. The van der Waals surface area contributed by atoms with Crippen LogP contribution in [0.2, 0.25) is 0 Å². The Morgan fingerprint density at radius 2 is 1.85 bits per heavy atom. The molecule has 1 atom stereocenters. The van der Waals surface area contributed by atoms with E-state index in [0.29, 0.717) is 6.54 Å². The highest BCUT2D eigenvalue weighted by Crippen LogP contribution is 2.23. The van der Waals surface area contributed by atoms with Crippen molar-refractivity contribution < 1.29 is 8.83 Å². The number of rotatable bonds is 5. The average Bonchev–Trinajstić information content (AvgIpc) is 3.12. The molecule has 0 aliphatic heterocycles. The highest BCUT2D eigenvalue weighted by Gasteiger charge is 2.16. The topological polar surface area (TPSA) is 38.3 Å². The van der Waals surface area contributed by atoms with E-state index in [1.165, 1.54) is 5.56 Å². The molecule has 2 aromatic heterocycles. The van der Waals surface area contributed by atoms with Crippen molar-refractivity contribution in [3.05, 3.63) is 81.7 Å². The zero-order valence-corrected chi connectivity index (χ0v) is 12.9. The van der Waals surface area contributed by atoms with Crippen LogP contribution in [0.5, 0.6) is 0 Å². The predicted molar refractivity (Wildman–Crippen MR) is 85.3 cm³/mol. The van der Waals surface area contributed by atoms with E-state index in [0.717, 1.165) is 15.3 Å². The molecule has 2 heterocycles. The van der Waals surface area contributed by atoms with E-state index >= 15 is 0 Å². The fourth-order valence-corrected chi connectivity index (χ4v) is 2.60. The zero-order valence-electron chi connectivity index (χ0n) is 10.8. The zero-order chi connectivity index (χ0) is 13.8. The van der Waals surface area contributed by atoms with E-state index in [4.69, 9.17) is 8.83 Å². The van der Waals surface area contributed by atoms with Crippen molar-refractivity contribution in [3.8, 4) is 0 Å². The molecule has 1 unspecified atom stereocenters. The molecule has 1 aromatic carbocycles. The van der Waals surface area contributed by atoms with Gasteiger partial charge in [-0.3, -0.25) is 5.32 Å².